The maximum atomic E-state index is 5.91. The third kappa shape index (κ3) is 4.16. The fourth-order valence-corrected chi connectivity index (χ4v) is 2.30. The number of nitrogens with zero attached hydrogens (tertiary/aromatic N) is 3. The van der Waals surface area contributed by atoms with Crippen molar-refractivity contribution in [2.45, 2.75) is 0 Å². The molecule has 0 aliphatic carbocycles. The van der Waals surface area contributed by atoms with Crippen molar-refractivity contribution in [1.82, 2.24) is 15.0 Å². The van der Waals surface area contributed by atoms with Crippen LogP contribution in [0.4, 0.5) is 0 Å². The van der Waals surface area contributed by atoms with Crippen molar-refractivity contribution >= 4 is 0 Å². The number of hydrogen-bond donors (Lipinski definition) is 0. The fourth-order valence-electron chi connectivity index (χ4n) is 2.30. The van der Waals surface area contributed by atoms with Gasteiger partial charge in [0.15, 0.2) is 0 Å². The van der Waals surface area contributed by atoms with Crippen LogP contribution in [0, 0.1) is 0 Å². The largest absolute Gasteiger partial charge is 0.497 e. The molecule has 1 aromatic heterocycles. The van der Waals surface area contributed by atoms with Crippen LogP contribution in [-0.4, -0.2) is 49.4 Å². The lowest BCUT2D eigenvalue weighted by Gasteiger charge is -2.13. The van der Waals surface area contributed by atoms with E-state index in [-0.39, 0.29) is 0 Å². The minimum atomic E-state index is 0.418. The van der Waals surface area contributed by atoms with Gasteiger partial charge in [0.05, 0.1) is 12.7 Å². The third-order valence-electron chi connectivity index (χ3n) is 3.67. The molecule has 6 nitrogen and oxygen atoms in total. The Labute approximate surface area is 147 Å². The highest BCUT2D eigenvalue weighted by molar-refractivity contribution is 5.66. The third-order valence-corrected chi connectivity index (χ3v) is 3.67. The monoisotopic (exact) mass is 339 g/mol. The highest BCUT2D eigenvalue weighted by Gasteiger charge is 2.16. The van der Waals surface area contributed by atoms with Gasteiger partial charge in [0, 0.05) is 18.2 Å². The van der Waals surface area contributed by atoms with E-state index in [1.165, 1.54) is 0 Å². The molecular weight excluding hydrogens is 318 g/mol. The quantitative estimate of drug-likeness (QED) is 0.658. The van der Waals surface area contributed by atoms with Gasteiger partial charge >= 0.3 is 0 Å². The average Bonchev–Trinajstić information content (AvgIpc) is 3.12. The Morgan fingerprint density at radius 2 is 1.88 bits per heavy atom. The summed E-state index contributed by atoms with van der Waals surface area (Å²) in [6.07, 6.45) is 0. The van der Waals surface area contributed by atoms with Crippen LogP contribution in [0.25, 0.3) is 22.8 Å². The summed E-state index contributed by atoms with van der Waals surface area (Å²) < 4.78 is 16.7. The lowest BCUT2D eigenvalue weighted by Crippen LogP contribution is -2.19. The van der Waals surface area contributed by atoms with Crippen molar-refractivity contribution < 1.29 is 14.0 Å². The summed E-state index contributed by atoms with van der Waals surface area (Å²) >= 11 is 0. The van der Waals surface area contributed by atoms with Crippen LogP contribution >= 0.6 is 0 Å². The van der Waals surface area contributed by atoms with Crippen LogP contribution in [0.5, 0.6) is 11.5 Å². The van der Waals surface area contributed by atoms with Crippen LogP contribution in [0.2, 0.25) is 0 Å². The topological polar surface area (TPSA) is 60.6 Å². The first-order chi connectivity index (χ1) is 12.2. The zero-order chi connectivity index (χ0) is 17.6. The lowest BCUT2D eigenvalue weighted by atomic mass is 10.2. The maximum Gasteiger partial charge on any atom is 0.262 e. The second-order valence-electron chi connectivity index (χ2n) is 5.80. The zero-order valence-electron chi connectivity index (χ0n) is 14.6. The Bertz CT molecular complexity index is 816. The van der Waals surface area contributed by atoms with Crippen molar-refractivity contribution in [2.24, 2.45) is 0 Å². The van der Waals surface area contributed by atoms with Crippen molar-refractivity contribution in [3.63, 3.8) is 0 Å². The molecule has 2 aromatic carbocycles. The molecule has 0 radical (unpaired) electrons. The minimum Gasteiger partial charge on any atom is -0.497 e. The molecule has 0 saturated heterocycles. The fraction of sp³-hybridized carbons (Fsp3) is 0.263. The molecule has 3 rings (SSSR count). The van der Waals surface area contributed by atoms with Gasteiger partial charge in [-0.25, -0.2) is 0 Å². The van der Waals surface area contributed by atoms with E-state index in [9.17, 15) is 0 Å². The van der Waals surface area contributed by atoms with Gasteiger partial charge in [0.2, 0.25) is 5.82 Å². The molecular formula is C19H21N3O3. The van der Waals surface area contributed by atoms with Gasteiger partial charge in [-0.1, -0.05) is 35.5 Å². The summed E-state index contributed by atoms with van der Waals surface area (Å²) in [5.74, 6) is 2.34. The first-order valence-corrected chi connectivity index (χ1v) is 8.02. The summed E-state index contributed by atoms with van der Waals surface area (Å²) in [5, 5.41) is 4.07. The standard InChI is InChI=1S/C19H21N3O3/c1-22(2)11-12-24-17-13-15(23-3)9-10-16(17)19-20-18(21-25-19)14-7-5-4-6-8-14/h4-10,13H,11-12H2,1-3H3. The smallest absolute Gasteiger partial charge is 0.262 e. The molecule has 0 N–H and O–H groups in total. The van der Waals surface area contributed by atoms with Gasteiger partial charge < -0.3 is 18.9 Å². The van der Waals surface area contributed by atoms with Crippen molar-refractivity contribution in [1.29, 1.82) is 0 Å². The molecule has 0 aliphatic rings. The Morgan fingerprint density at radius 3 is 2.60 bits per heavy atom. The minimum absolute atomic E-state index is 0.418. The predicted molar refractivity (Wildman–Crippen MR) is 95.8 cm³/mol. The van der Waals surface area contributed by atoms with Crippen molar-refractivity contribution in [2.75, 3.05) is 34.4 Å². The molecule has 3 aromatic rings. The van der Waals surface area contributed by atoms with E-state index in [0.717, 1.165) is 17.7 Å². The molecule has 0 bridgehead atoms. The summed E-state index contributed by atoms with van der Waals surface area (Å²) in [6.45, 7) is 1.35. The Kier molecular flexibility index (Phi) is 5.30. The molecule has 6 heteroatoms. The number of benzene rings is 2. The Hall–Kier alpha value is -2.86. The van der Waals surface area contributed by atoms with E-state index in [1.807, 2.05) is 62.6 Å². The Balaban J connectivity index is 1.89. The maximum absolute atomic E-state index is 5.91. The SMILES string of the molecule is COc1ccc(-c2nc(-c3ccccc3)no2)c(OCCN(C)C)c1. The van der Waals surface area contributed by atoms with Gasteiger partial charge in [0.25, 0.3) is 5.89 Å². The number of ether oxygens (including phenoxy) is 2. The molecule has 25 heavy (non-hydrogen) atoms. The average molecular weight is 339 g/mol. The normalized spacial score (nSPS) is 10.9. The van der Waals surface area contributed by atoms with Gasteiger partial charge in [-0.2, -0.15) is 4.98 Å². The van der Waals surface area contributed by atoms with E-state index in [1.54, 1.807) is 7.11 Å². The number of methoxy groups -OCH3 is 1. The van der Waals surface area contributed by atoms with Crippen LogP contribution in [-0.2, 0) is 0 Å². The van der Waals surface area contributed by atoms with Gasteiger partial charge in [-0.15, -0.1) is 0 Å². The number of rotatable bonds is 7. The Morgan fingerprint density at radius 1 is 1.08 bits per heavy atom. The lowest BCUT2D eigenvalue weighted by molar-refractivity contribution is 0.260. The zero-order valence-corrected chi connectivity index (χ0v) is 14.6. The van der Waals surface area contributed by atoms with Crippen LogP contribution in [0.3, 0.4) is 0 Å². The molecule has 0 amide bonds. The first kappa shape index (κ1) is 17.0. The molecule has 0 saturated carbocycles. The molecule has 0 aliphatic heterocycles. The van der Waals surface area contributed by atoms with Gasteiger partial charge in [-0.3, -0.25) is 0 Å². The molecule has 1 heterocycles. The number of hydrogen-bond acceptors (Lipinski definition) is 6. The van der Waals surface area contributed by atoms with Crippen LogP contribution in [0.1, 0.15) is 0 Å². The highest BCUT2D eigenvalue weighted by Crippen LogP contribution is 2.33. The summed E-state index contributed by atoms with van der Waals surface area (Å²) in [5.41, 5.74) is 1.65. The van der Waals surface area contributed by atoms with E-state index >= 15 is 0 Å². The first-order valence-electron chi connectivity index (χ1n) is 8.02. The molecule has 0 atom stereocenters. The van der Waals surface area contributed by atoms with Gasteiger partial charge in [-0.05, 0) is 26.2 Å². The van der Waals surface area contributed by atoms with Crippen LogP contribution < -0.4 is 9.47 Å². The summed E-state index contributed by atoms with van der Waals surface area (Å²) in [7, 11) is 5.62. The summed E-state index contributed by atoms with van der Waals surface area (Å²) in [4.78, 5) is 6.56. The highest BCUT2D eigenvalue weighted by atomic mass is 16.5. The summed E-state index contributed by atoms with van der Waals surface area (Å²) in [6, 6.07) is 15.3. The number of likely N-dealkylation sites (N-methyl/N-ethyl adjacent to an activating group) is 1. The van der Waals surface area contributed by atoms with E-state index in [2.05, 4.69) is 15.0 Å². The van der Waals surface area contributed by atoms with Crippen molar-refractivity contribution in [3.8, 4) is 34.3 Å². The molecule has 0 unspecified atom stereocenters. The van der Waals surface area contributed by atoms with Crippen molar-refractivity contribution in [3.05, 3.63) is 48.5 Å². The van der Waals surface area contributed by atoms with Crippen LogP contribution in [0.15, 0.2) is 53.1 Å². The van der Waals surface area contributed by atoms with Gasteiger partial charge in [0.1, 0.15) is 18.1 Å². The second kappa shape index (κ2) is 7.81. The van der Waals surface area contributed by atoms with E-state index < -0.39 is 0 Å². The molecule has 130 valence electrons. The molecule has 0 fully saturated rings. The van der Waals surface area contributed by atoms with E-state index in [0.29, 0.717) is 29.8 Å². The van der Waals surface area contributed by atoms with E-state index in [4.69, 9.17) is 14.0 Å². The predicted octanol–water partition coefficient (Wildman–Crippen LogP) is 3.35. The second-order valence-corrected chi connectivity index (χ2v) is 5.80. The molecule has 0 spiro atoms. The number of aromatic nitrogens is 2.